The van der Waals surface area contributed by atoms with Crippen molar-refractivity contribution in [1.29, 1.82) is 0 Å². The minimum absolute atomic E-state index is 0. The number of carbonyl (C=O) groups excluding carboxylic acids is 1. The van der Waals surface area contributed by atoms with Crippen LogP contribution in [0.3, 0.4) is 0 Å². The zero-order chi connectivity index (χ0) is 15.4. The first-order chi connectivity index (χ1) is 10.0. The average Bonchev–Trinajstić information content (AvgIpc) is 2.99. The maximum Gasteiger partial charge on any atom is 0.241 e. The van der Waals surface area contributed by atoms with Gasteiger partial charge in [-0.15, -0.1) is 12.4 Å². The highest BCUT2D eigenvalue weighted by Gasteiger charge is 2.19. The SMILES string of the molecule is CCC(C)C(N)C(=O)Nc1ccc(-n2ccnc2)c(Cl)c1.Cl. The maximum atomic E-state index is 12.0. The first-order valence-electron chi connectivity index (χ1n) is 6.87. The summed E-state index contributed by atoms with van der Waals surface area (Å²) in [5.74, 6) is -0.0681. The Morgan fingerprint density at radius 3 is 2.77 bits per heavy atom. The van der Waals surface area contributed by atoms with Gasteiger partial charge in [0.25, 0.3) is 0 Å². The number of anilines is 1. The van der Waals surface area contributed by atoms with Crippen LogP contribution >= 0.6 is 24.0 Å². The summed E-state index contributed by atoms with van der Waals surface area (Å²) in [4.78, 5) is 16.0. The van der Waals surface area contributed by atoms with Crippen LogP contribution in [0.5, 0.6) is 0 Å². The number of benzene rings is 1. The number of rotatable bonds is 5. The van der Waals surface area contributed by atoms with E-state index in [1.165, 1.54) is 0 Å². The number of halogens is 2. The molecule has 22 heavy (non-hydrogen) atoms. The first-order valence-corrected chi connectivity index (χ1v) is 7.25. The molecule has 3 N–H and O–H groups in total. The molecule has 0 aliphatic carbocycles. The van der Waals surface area contributed by atoms with Crippen LogP contribution < -0.4 is 11.1 Å². The largest absolute Gasteiger partial charge is 0.325 e. The molecule has 2 unspecified atom stereocenters. The average molecular weight is 343 g/mol. The van der Waals surface area contributed by atoms with Crippen LogP contribution in [0.4, 0.5) is 5.69 Å². The molecule has 0 spiro atoms. The van der Waals surface area contributed by atoms with Crippen molar-refractivity contribution in [2.45, 2.75) is 26.3 Å². The minimum Gasteiger partial charge on any atom is -0.325 e. The second kappa shape index (κ2) is 8.17. The quantitative estimate of drug-likeness (QED) is 0.875. The third-order valence-corrected chi connectivity index (χ3v) is 3.86. The molecule has 2 aromatic rings. The van der Waals surface area contributed by atoms with Crippen LogP contribution in [0.25, 0.3) is 5.69 Å². The van der Waals surface area contributed by atoms with Gasteiger partial charge in [-0.3, -0.25) is 4.79 Å². The Morgan fingerprint density at radius 2 is 2.23 bits per heavy atom. The van der Waals surface area contributed by atoms with Gasteiger partial charge in [0.1, 0.15) is 0 Å². The zero-order valence-electron chi connectivity index (χ0n) is 12.5. The van der Waals surface area contributed by atoms with Gasteiger partial charge in [-0.05, 0) is 24.1 Å². The number of imidazole rings is 1. The van der Waals surface area contributed by atoms with Gasteiger partial charge < -0.3 is 15.6 Å². The van der Waals surface area contributed by atoms with Gasteiger partial charge in [0, 0.05) is 18.1 Å². The van der Waals surface area contributed by atoms with Crippen molar-refractivity contribution in [2.24, 2.45) is 11.7 Å². The van der Waals surface area contributed by atoms with E-state index in [-0.39, 0.29) is 24.2 Å². The lowest BCUT2D eigenvalue weighted by Gasteiger charge is -2.18. The summed E-state index contributed by atoms with van der Waals surface area (Å²) in [6.07, 6.45) is 6.00. The fourth-order valence-corrected chi connectivity index (χ4v) is 2.21. The first kappa shape index (κ1) is 18.5. The molecule has 0 saturated heterocycles. The minimum atomic E-state index is -0.526. The molecule has 2 atom stereocenters. The molecule has 2 rings (SSSR count). The Labute approximate surface area is 141 Å². The number of hydrogen-bond donors (Lipinski definition) is 2. The van der Waals surface area contributed by atoms with Gasteiger partial charge >= 0.3 is 0 Å². The van der Waals surface area contributed by atoms with Crippen LogP contribution in [0.15, 0.2) is 36.9 Å². The molecule has 7 heteroatoms. The monoisotopic (exact) mass is 342 g/mol. The van der Waals surface area contributed by atoms with Crippen molar-refractivity contribution in [1.82, 2.24) is 9.55 Å². The van der Waals surface area contributed by atoms with Crippen LogP contribution in [-0.4, -0.2) is 21.5 Å². The summed E-state index contributed by atoms with van der Waals surface area (Å²) in [5.41, 5.74) is 7.34. The summed E-state index contributed by atoms with van der Waals surface area (Å²) in [6.45, 7) is 3.97. The molecule has 1 aromatic heterocycles. The lowest BCUT2D eigenvalue weighted by atomic mass is 9.99. The van der Waals surface area contributed by atoms with Crippen molar-refractivity contribution in [3.05, 3.63) is 41.9 Å². The molecular formula is C15H20Cl2N4O. The molecule has 0 aliphatic heterocycles. The summed E-state index contributed by atoms with van der Waals surface area (Å²) >= 11 is 6.24. The highest BCUT2D eigenvalue weighted by molar-refractivity contribution is 6.32. The number of aromatic nitrogens is 2. The number of nitrogens with two attached hydrogens (primary N) is 1. The fourth-order valence-electron chi connectivity index (χ4n) is 1.93. The van der Waals surface area contributed by atoms with Gasteiger partial charge in [0.2, 0.25) is 5.91 Å². The predicted molar refractivity (Wildman–Crippen MR) is 91.9 cm³/mol. The topological polar surface area (TPSA) is 72.9 Å². The molecule has 120 valence electrons. The number of nitrogens with zero attached hydrogens (tertiary/aromatic N) is 2. The third kappa shape index (κ3) is 4.22. The molecule has 1 amide bonds. The Bertz CT molecular complexity index is 616. The third-order valence-electron chi connectivity index (χ3n) is 3.56. The van der Waals surface area contributed by atoms with E-state index in [0.29, 0.717) is 10.7 Å². The smallest absolute Gasteiger partial charge is 0.241 e. The van der Waals surface area contributed by atoms with E-state index in [2.05, 4.69) is 10.3 Å². The molecule has 0 bridgehead atoms. The Balaban J connectivity index is 0.00000242. The van der Waals surface area contributed by atoms with Crippen LogP contribution in [0, 0.1) is 5.92 Å². The molecule has 0 fully saturated rings. The fraction of sp³-hybridized carbons (Fsp3) is 0.333. The highest BCUT2D eigenvalue weighted by Crippen LogP contribution is 2.24. The second-order valence-corrected chi connectivity index (χ2v) is 5.44. The van der Waals surface area contributed by atoms with Gasteiger partial charge in [-0.2, -0.15) is 0 Å². The molecule has 0 aliphatic rings. The molecule has 5 nitrogen and oxygen atoms in total. The van der Waals surface area contributed by atoms with Gasteiger partial charge in [-0.1, -0.05) is 31.9 Å². The van der Waals surface area contributed by atoms with Crippen molar-refractivity contribution in [3.63, 3.8) is 0 Å². The Hall–Kier alpha value is -1.56. The van der Waals surface area contributed by atoms with Gasteiger partial charge in [-0.25, -0.2) is 4.98 Å². The van der Waals surface area contributed by atoms with E-state index in [1.807, 2.05) is 19.9 Å². The molecule has 1 heterocycles. The van der Waals surface area contributed by atoms with Gasteiger partial charge in [0.05, 0.1) is 23.1 Å². The lowest BCUT2D eigenvalue weighted by Crippen LogP contribution is -2.40. The van der Waals surface area contributed by atoms with Crippen molar-refractivity contribution >= 4 is 35.6 Å². The molecule has 0 saturated carbocycles. The molecule has 1 aromatic carbocycles. The van der Waals surface area contributed by atoms with E-state index in [9.17, 15) is 4.79 Å². The normalized spacial score (nSPS) is 13.1. The van der Waals surface area contributed by atoms with E-state index >= 15 is 0 Å². The summed E-state index contributed by atoms with van der Waals surface area (Å²) in [6, 6.07) is 4.80. The zero-order valence-corrected chi connectivity index (χ0v) is 14.1. The molecule has 0 radical (unpaired) electrons. The Kier molecular flexibility index (Phi) is 6.87. The lowest BCUT2D eigenvalue weighted by molar-refractivity contribution is -0.118. The number of nitrogens with one attached hydrogen (secondary N) is 1. The summed E-state index contributed by atoms with van der Waals surface area (Å²) in [7, 11) is 0. The standard InChI is InChI=1S/C15H19ClN4O.ClH/c1-3-10(2)14(17)15(21)19-11-4-5-13(12(16)8-11)20-7-6-18-9-20;/h4-10,14H,3,17H2,1-2H3,(H,19,21);1H. The van der Waals surface area contributed by atoms with E-state index in [4.69, 9.17) is 17.3 Å². The number of amides is 1. The highest BCUT2D eigenvalue weighted by atomic mass is 35.5. The summed E-state index contributed by atoms with van der Waals surface area (Å²) in [5, 5.41) is 3.33. The van der Waals surface area contributed by atoms with E-state index in [0.717, 1.165) is 12.1 Å². The summed E-state index contributed by atoms with van der Waals surface area (Å²) < 4.78 is 1.80. The van der Waals surface area contributed by atoms with Gasteiger partial charge in [0.15, 0.2) is 0 Å². The van der Waals surface area contributed by atoms with Crippen molar-refractivity contribution in [3.8, 4) is 5.69 Å². The van der Waals surface area contributed by atoms with Crippen LogP contribution in [-0.2, 0) is 4.79 Å². The van der Waals surface area contributed by atoms with E-state index < -0.39 is 6.04 Å². The Morgan fingerprint density at radius 1 is 1.50 bits per heavy atom. The maximum absolute atomic E-state index is 12.0. The van der Waals surface area contributed by atoms with Crippen LogP contribution in [0.1, 0.15) is 20.3 Å². The second-order valence-electron chi connectivity index (χ2n) is 5.04. The number of hydrogen-bond acceptors (Lipinski definition) is 3. The number of carbonyl (C=O) groups is 1. The predicted octanol–water partition coefficient (Wildman–Crippen LogP) is 3.26. The van der Waals surface area contributed by atoms with E-state index in [1.54, 1.807) is 35.4 Å². The molecular weight excluding hydrogens is 323 g/mol. The van der Waals surface area contributed by atoms with Crippen molar-refractivity contribution < 1.29 is 4.79 Å². The van der Waals surface area contributed by atoms with Crippen molar-refractivity contribution in [2.75, 3.05) is 5.32 Å². The van der Waals surface area contributed by atoms with Crippen LogP contribution in [0.2, 0.25) is 5.02 Å².